The van der Waals surface area contributed by atoms with Gasteiger partial charge in [0.1, 0.15) is 23.0 Å². The van der Waals surface area contributed by atoms with E-state index in [-0.39, 0.29) is 23.0 Å². The summed E-state index contributed by atoms with van der Waals surface area (Å²) in [6.07, 6.45) is 0.356. The maximum absolute atomic E-state index is 10.8. The molecule has 4 aromatic carbocycles. The molecule has 0 amide bonds. The zero-order valence-electron chi connectivity index (χ0n) is 19.3. The predicted octanol–water partition coefficient (Wildman–Crippen LogP) is 6.67. The third-order valence-electron chi connectivity index (χ3n) is 6.20. The van der Waals surface area contributed by atoms with Crippen LogP contribution in [-0.4, -0.2) is 20.4 Å². The van der Waals surface area contributed by atoms with Gasteiger partial charge in [-0.2, -0.15) is 0 Å². The first kappa shape index (κ1) is 22.3. The number of hydrogen-bond donors (Lipinski definition) is 4. The van der Waals surface area contributed by atoms with Crippen molar-refractivity contribution in [1.29, 1.82) is 0 Å². The zero-order chi connectivity index (χ0) is 23.9. The van der Waals surface area contributed by atoms with Gasteiger partial charge in [0.25, 0.3) is 0 Å². The lowest BCUT2D eigenvalue weighted by Crippen LogP contribution is -1.96. The molecule has 168 valence electrons. The van der Waals surface area contributed by atoms with Gasteiger partial charge in [0.2, 0.25) is 0 Å². The van der Waals surface area contributed by atoms with Gasteiger partial charge in [-0.15, -0.1) is 0 Å². The minimum atomic E-state index is 0.206. The van der Waals surface area contributed by atoms with Gasteiger partial charge in [0, 0.05) is 6.42 Å². The molecule has 0 heterocycles. The molecule has 0 unspecified atom stereocenters. The van der Waals surface area contributed by atoms with E-state index in [1.807, 2.05) is 76.2 Å². The SMILES string of the molecule is Cc1cc(-c2cc(C)c(O)c(Cc3cc(-c4ccc(O)c(C)c4)cc(C)c3O)c2)ccc1O. The summed E-state index contributed by atoms with van der Waals surface area (Å²) in [5.41, 5.74) is 8.25. The van der Waals surface area contributed by atoms with Gasteiger partial charge in [0.05, 0.1) is 0 Å². The summed E-state index contributed by atoms with van der Waals surface area (Å²) in [6.45, 7) is 7.42. The van der Waals surface area contributed by atoms with E-state index in [9.17, 15) is 20.4 Å². The first-order valence-electron chi connectivity index (χ1n) is 10.9. The predicted molar refractivity (Wildman–Crippen MR) is 132 cm³/mol. The van der Waals surface area contributed by atoms with Gasteiger partial charge in [-0.3, -0.25) is 0 Å². The highest BCUT2D eigenvalue weighted by Gasteiger charge is 2.15. The fourth-order valence-electron chi connectivity index (χ4n) is 4.18. The molecule has 0 radical (unpaired) electrons. The molecular weight excluding hydrogens is 412 g/mol. The molecule has 0 fully saturated rings. The highest BCUT2D eigenvalue weighted by atomic mass is 16.3. The van der Waals surface area contributed by atoms with E-state index in [1.54, 1.807) is 12.1 Å². The molecule has 0 saturated carbocycles. The molecule has 4 nitrogen and oxygen atoms in total. The van der Waals surface area contributed by atoms with E-state index in [1.165, 1.54) is 0 Å². The molecule has 0 atom stereocenters. The quantitative estimate of drug-likeness (QED) is 0.286. The lowest BCUT2D eigenvalue weighted by atomic mass is 9.92. The highest BCUT2D eigenvalue weighted by molar-refractivity contribution is 5.71. The average Bonchev–Trinajstić information content (AvgIpc) is 2.78. The fraction of sp³-hybridized carbons (Fsp3) is 0.172. The van der Waals surface area contributed by atoms with Gasteiger partial charge in [-0.25, -0.2) is 0 Å². The second kappa shape index (κ2) is 8.55. The van der Waals surface area contributed by atoms with E-state index >= 15 is 0 Å². The maximum Gasteiger partial charge on any atom is 0.122 e. The van der Waals surface area contributed by atoms with Crippen LogP contribution >= 0.6 is 0 Å². The van der Waals surface area contributed by atoms with E-state index in [2.05, 4.69) is 0 Å². The number of aryl methyl sites for hydroxylation is 4. The molecule has 0 spiro atoms. The summed E-state index contributed by atoms with van der Waals surface area (Å²) in [7, 11) is 0. The second-order valence-electron chi connectivity index (χ2n) is 8.78. The van der Waals surface area contributed by atoms with Crippen molar-refractivity contribution >= 4 is 0 Å². The highest BCUT2D eigenvalue weighted by Crippen LogP contribution is 2.37. The molecule has 4 heteroatoms. The van der Waals surface area contributed by atoms with Crippen LogP contribution in [0.5, 0.6) is 23.0 Å². The lowest BCUT2D eigenvalue weighted by molar-refractivity contribution is 0.458. The fourth-order valence-corrected chi connectivity index (χ4v) is 4.18. The van der Waals surface area contributed by atoms with E-state index in [0.29, 0.717) is 17.5 Å². The number of benzene rings is 4. The third kappa shape index (κ3) is 4.37. The first-order valence-corrected chi connectivity index (χ1v) is 10.9. The monoisotopic (exact) mass is 440 g/mol. The van der Waals surface area contributed by atoms with Crippen LogP contribution in [0.25, 0.3) is 22.3 Å². The Balaban J connectivity index is 1.78. The number of rotatable bonds is 4. The summed E-state index contributed by atoms with van der Waals surface area (Å²) in [4.78, 5) is 0. The van der Waals surface area contributed by atoms with Crippen molar-refractivity contribution in [3.8, 4) is 45.3 Å². The van der Waals surface area contributed by atoms with Crippen molar-refractivity contribution < 1.29 is 20.4 Å². The standard InChI is InChI=1S/C29H28O4/c1-16-9-20(5-7-26(16)30)22-11-18(3)28(32)24(13-22)15-25-14-23(12-19(4)29(25)33)21-6-8-27(31)17(2)10-21/h5-14,30-33H,15H2,1-4H3. The van der Waals surface area contributed by atoms with Crippen LogP contribution in [0.2, 0.25) is 0 Å². The van der Waals surface area contributed by atoms with Gasteiger partial charge < -0.3 is 20.4 Å². The van der Waals surface area contributed by atoms with Crippen LogP contribution < -0.4 is 0 Å². The third-order valence-corrected chi connectivity index (χ3v) is 6.20. The maximum atomic E-state index is 10.8. The minimum Gasteiger partial charge on any atom is -0.508 e. The van der Waals surface area contributed by atoms with Crippen molar-refractivity contribution in [2.24, 2.45) is 0 Å². The Kier molecular flexibility index (Phi) is 5.77. The Bertz CT molecular complexity index is 1260. The molecule has 0 aliphatic carbocycles. The van der Waals surface area contributed by atoms with Crippen molar-refractivity contribution in [1.82, 2.24) is 0 Å². The Labute approximate surface area is 194 Å². The van der Waals surface area contributed by atoms with Gasteiger partial charge in [0.15, 0.2) is 0 Å². The normalized spacial score (nSPS) is 11.0. The van der Waals surface area contributed by atoms with Crippen molar-refractivity contribution in [3.05, 3.63) is 94.0 Å². The number of phenols is 4. The number of hydrogen-bond acceptors (Lipinski definition) is 4. The van der Waals surface area contributed by atoms with Crippen molar-refractivity contribution in [2.45, 2.75) is 34.1 Å². The number of aromatic hydroxyl groups is 4. The lowest BCUT2D eigenvalue weighted by Gasteiger charge is -2.15. The van der Waals surface area contributed by atoms with Gasteiger partial charge in [-0.05, 0) is 132 Å². The molecule has 0 aromatic heterocycles. The molecule has 0 bridgehead atoms. The van der Waals surface area contributed by atoms with Crippen LogP contribution in [0.1, 0.15) is 33.4 Å². The summed E-state index contributed by atoms with van der Waals surface area (Å²) in [6, 6.07) is 18.6. The zero-order valence-corrected chi connectivity index (χ0v) is 19.3. The molecule has 0 aliphatic rings. The largest absolute Gasteiger partial charge is 0.508 e. The van der Waals surface area contributed by atoms with Crippen molar-refractivity contribution in [3.63, 3.8) is 0 Å². The Morgan fingerprint density at radius 3 is 1.18 bits per heavy atom. The minimum absolute atomic E-state index is 0.206. The molecular formula is C29H28O4. The summed E-state index contributed by atoms with van der Waals surface area (Å²) < 4.78 is 0. The van der Waals surface area contributed by atoms with E-state index in [4.69, 9.17) is 0 Å². The molecule has 4 rings (SSSR count). The van der Waals surface area contributed by atoms with Crippen molar-refractivity contribution in [2.75, 3.05) is 0 Å². The Morgan fingerprint density at radius 2 is 0.818 bits per heavy atom. The van der Waals surface area contributed by atoms with Crippen LogP contribution in [0.15, 0.2) is 60.7 Å². The molecule has 33 heavy (non-hydrogen) atoms. The second-order valence-corrected chi connectivity index (χ2v) is 8.78. The smallest absolute Gasteiger partial charge is 0.122 e. The van der Waals surface area contributed by atoms with Gasteiger partial charge >= 0.3 is 0 Å². The number of phenolic OH excluding ortho intramolecular Hbond substituents is 4. The molecule has 4 N–H and O–H groups in total. The van der Waals surface area contributed by atoms with Gasteiger partial charge in [-0.1, -0.05) is 12.1 Å². The van der Waals surface area contributed by atoms with Crippen LogP contribution in [0, 0.1) is 27.7 Å². The Hall–Kier alpha value is -3.92. The van der Waals surface area contributed by atoms with E-state index < -0.39 is 0 Å². The van der Waals surface area contributed by atoms with Crippen LogP contribution in [0.4, 0.5) is 0 Å². The topological polar surface area (TPSA) is 80.9 Å². The summed E-state index contributed by atoms with van der Waals surface area (Å²) in [5, 5.41) is 41.3. The molecule has 0 saturated heterocycles. The summed E-state index contributed by atoms with van der Waals surface area (Å²) in [5.74, 6) is 0.904. The Morgan fingerprint density at radius 1 is 0.455 bits per heavy atom. The first-order chi connectivity index (χ1) is 15.6. The molecule has 0 aliphatic heterocycles. The molecule has 4 aromatic rings. The average molecular weight is 441 g/mol. The van der Waals surface area contributed by atoms with Crippen LogP contribution in [0.3, 0.4) is 0 Å². The summed E-state index contributed by atoms with van der Waals surface area (Å²) >= 11 is 0. The van der Waals surface area contributed by atoms with E-state index in [0.717, 1.165) is 44.5 Å². The van der Waals surface area contributed by atoms with Crippen LogP contribution in [-0.2, 0) is 6.42 Å².